The molecule has 0 bridgehead atoms. The molecule has 1 aromatic rings. The quantitative estimate of drug-likeness (QED) is 0.540. The lowest BCUT2D eigenvalue weighted by molar-refractivity contribution is 0.0899. The van der Waals surface area contributed by atoms with Crippen LogP contribution >= 0.6 is 0 Å². The molecule has 4 nitrogen and oxygen atoms in total. The molecule has 0 amide bonds. The molecular weight excluding hydrogens is 144 g/mol. The van der Waals surface area contributed by atoms with Crippen molar-refractivity contribution in [2.45, 2.75) is 6.10 Å². The number of aliphatic hydroxyl groups excluding tert-OH is 1. The van der Waals surface area contributed by atoms with E-state index in [0.29, 0.717) is 5.69 Å². The topological polar surface area (TPSA) is 65.4 Å². The van der Waals surface area contributed by atoms with E-state index in [4.69, 9.17) is 5.21 Å². The second kappa shape index (κ2) is 4.02. The van der Waals surface area contributed by atoms with E-state index in [2.05, 4.69) is 4.98 Å². The Morgan fingerprint density at radius 2 is 2.36 bits per heavy atom. The smallest absolute Gasteiger partial charge is 0.111 e. The van der Waals surface area contributed by atoms with E-state index in [9.17, 15) is 5.11 Å². The van der Waals surface area contributed by atoms with E-state index >= 15 is 0 Å². The fourth-order valence-corrected chi connectivity index (χ4v) is 0.764. The molecule has 0 aliphatic heterocycles. The van der Waals surface area contributed by atoms with Crippen molar-refractivity contribution >= 4 is 0 Å². The normalized spacial score (nSPS) is 12.9. The number of hydroxylamine groups is 1. The third-order valence-corrected chi connectivity index (χ3v) is 1.31. The van der Waals surface area contributed by atoms with Gasteiger partial charge in [0.05, 0.1) is 12.2 Å². The monoisotopic (exact) mass is 154 g/mol. The summed E-state index contributed by atoms with van der Waals surface area (Å²) in [7, 11) is 0. The summed E-state index contributed by atoms with van der Waals surface area (Å²) in [5, 5.41) is 17.5. The number of nitrogens with zero attached hydrogens (tertiary/aromatic N) is 1. The van der Waals surface area contributed by atoms with Crippen molar-refractivity contribution in [1.29, 1.82) is 0 Å². The molecule has 0 aliphatic rings. The van der Waals surface area contributed by atoms with Crippen LogP contribution in [0.1, 0.15) is 11.8 Å². The molecule has 1 heterocycles. The van der Waals surface area contributed by atoms with Crippen molar-refractivity contribution in [3.8, 4) is 0 Å². The van der Waals surface area contributed by atoms with Gasteiger partial charge >= 0.3 is 0 Å². The number of aromatic nitrogens is 1. The molecule has 1 unspecified atom stereocenters. The number of nitrogens with one attached hydrogen (secondary N) is 1. The second-order valence-corrected chi connectivity index (χ2v) is 2.13. The minimum atomic E-state index is -0.749. The van der Waals surface area contributed by atoms with E-state index in [1.165, 1.54) is 0 Å². The fraction of sp³-hybridized carbons (Fsp3) is 0.286. The maximum atomic E-state index is 9.24. The minimum Gasteiger partial charge on any atom is -0.385 e. The van der Waals surface area contributed by atoms with Gasteiger partial charge in [0.2, 0.25) is 0 Å². The highest BCUT2D eigenvalue weighted by atomic mass is 16.5. The van der Waals surface area contributed by atoms with Crippen LogP contribution < -0.4 is 5.48 Å². The minimum absolute atomic E-state index is 0.0943. The standard InChI is InChI=1S/C7H10N2O2/c10-7(5-9-11)6-3-1-2-4-8-6/h1-4,7,9-11H,5H2. The first-order chi connectivity index (χ1) is 5.34. The van der Waals surface area contributed by atoms with Gasteiger partial charge in [-0.1, -0.05) is 6.07 Å². The molecule has 4 heteroatoms. The maximum absolute atomic E-state index is 9.24. The molecular formula is C7H10N2O2. The third-order valence-electron chi connectivity index (χ3n) is 1.31. The number of hydrogen-bond donors (Lipinski definition) is 3. The van der Waals surface area contributed by atoms with Gasteiger partial charge in [0.25, 0.3) is 0 Å². The molecule has 0 saturated heterocycles. The van der Waals surface area contributed by atoms with Crippen LogP contribution in [0.5, 0.6) is 0 Å². The van der Waals surface area contributed by atoms with Gasteiger partial charge in [-0.15, -0.1) is 0 Å². The van der Waals surface area contributed by atoms with E-state index in [1.807, 2.05) is 5.48 Å². The number of hydrogen-bond acceptors (Lipinski definition) is 4. The molecule has 60 valence electrons. The van der Waals surface area contributed by atoms with Crippen LogP contribution in [-0.4, -0.2) is 21.8 Å². The Balaban J connectivity index is 2.61. The summed E-state index contributed by atoms with van der Waals surface area (Å²) in [4.78, 5) is 3.90. The van der Waals surface area contributed by atoms with Crippen LogP contribution in [0.25, 0.3) is 0 Å². The van der Waals surface area contributed by atoms with Crippen LogP contribution in [0.3, 0.4) is 0 Å². The summed E-state index contributed by atoms with van der Waals surface area (Å²) in [5.41, 5.74) is 2.43. The van der Waals surface area contributed by atoms with Crippen LogP contribution in [0.4, 0.5) is 0 Å². The van der Waals surface area contributed by atoms with Crippen molar-refractivity contribution in [3.63, 3.8) is 0 Å². The Morgan fingerprint density at radius 3 is 2.91 bits per heavy atom. The lowest BCUT2D eigenvalue weighted by atomic mass is 10.2. The lowest BCUT2D eigenvalue weighted by Crippen LogP contribution is -2.17. The summed E-state index contributed by atoms with van der Waals surface area (Å²) >= 11 is 0. The Labute approximate surface area is 64.5 Å². The molecule has 1 aromatic heterocycles. The SMILES string of the molecule is ONCC(O)c1ccccn1. The molecule has 0 aromatic carbocycles. The summed E-state index contributed by atoms with van der Waals surface area (Å²) in [6.07, 6.45) is 0.844. The van der Waals surface area contributed by atoms with Crippen LogP contribution in [0.2, 0.25) is 0 Å². The van der Waals surface area contributed by atoms with E-state index in [0.717, 1.165) is 0 Å². The summed E-state index contributed by atoms with van der Waals surface area (Å²) in [6, 6.07) is 5.24. The van der Waals surface area contributed by atoms with Crippen LogP contribution in [0.15, 0.2) is 24.4 Å². The van der Waals surface area contributed by atoms with E-state index in [1.54, 1.807) is 24.4 Å². The molecule has 0 saturated carbocycles. The highest BCUT2D eigenvalue weighted by Crippen LogP contribution is 2.06. The second-order valence-electron chi connectivity index (χ2n) is 2.13. The van der Waals surface area contributed by atoms with Crippen molar-refractivity contribution < 1.29 is 10.3 Å². The largest absolute Gasteiger partial charge is 0.385 e. The first-order valence-corrected chi connectivity index (χ1v) is 3.30. The zero-order chi connectivity index (χ0) is 8.10. The molecule has 1 rings (SSSR count). The van der Waals surface area contributed by atoms with Gasteiger partial charge in [0.15, 0.2) is 0 Å². The molecule has 11 heavy (non-hydrogen) atoms. The predicted molar refractivity (Wildman–Crippen MR) is 39.0 cm³/mol. The average Bonchev–Trinajstić information content (AvgIpc) is 2.07. The molecule has 1 atom stereocenters. The lowest BCUT2D eigenvalue weighted by Gasteiger charge is -2.06. The number of pyridine rings is 1. The van der Waals surface area contributed by atoms with E-state index < -0.39 is 6.10 Å². The Kier molecular flexibility index (Phi) is 2.97. The van der Waals surface area contributed by atoms with Gasteiger partial charge in [0.1, 0.15) is 6.10 Å². The van der Waals surface area contributed by atoms with Crippen molar-refractivity contribution in [2.24, 2.45) is 0 Å². The molecule has 0 fully saturated rings. The molecule has 0 spiro atoms. The Morgan fingerprint density at radius 1 is 1.55 bits per heavy atom. The Hall–Kier alpha value is -0.970. The summed E-state index contributed by atoms with van der Waals surface area (Å²) in [6.45, 7) is 0.0943. The zero-order valence-corrected chi connectivity index (χ0v) is 5.94. The molecule has 3 N–H and O–H groups in total. The number of aliphatic hydroxyl groups is 1. The molecule has 0 aliphatic carbocycles. The average molecular weight is 154 g/mol. The van der Waals surface area contributed by atoms with Gasteiger partial charge in [-0.3, -0.25) is 4.98 Å². The zero-order valence-electron chi connectivity index (χ0n) is 5.94. The van der Waals surface area contributed by atoms with Gasteiger partial charge in [-0.25, -0.2) is 5.48 Å². The fourth-order valence-electron chi connectivity index (χ4n) is 0.764. The van der Waals surface area contributed by atoms with Crippen molar-refractivity contribution in [1.82, 2.24) is 10.5 Å². The predicted octanol–water partition coefficient (Wildman–Crippen LogP) is 0.0938. The first kappa shape index (κ1) is 8.13. The maximum Gasteiger partial charge on any atom is 0.111 e. The first-order valence-electron chi connectivity index (χ1n) is 3.30. The highest BCUT2D eigenvalue weighted by molar-refractivity contribution is 5.06. The van der Waals surface area contributed by atoms with Gasteiger partial charge in [-0.2, -0.15) is 0 Å². The summed E-state index contributed by atoms with van der Waals surface area (Å²) < 4.78 is 0. The summed E-state index contributed by atoms with van der Waals surface area (Å²) in [5.74, 6) is 0. The van der Waals surface area contributed by atoms with Gasteiger partial charge in [-0.05, 0) is 12.1 Å². The highest BCUT2D eigenvalue weighted by Gasteiger charge is 2.05. The van der Waals surface area contributed by atoms with Crippen molar-refractivity contribution in [2.75, 3.05) is 6.54 Å². The van der Waals surface area contributed by atoms with Crippen LogP contribution in [-0.2, 0) is 0 Å². The van der Waals surface area contributed by atoms with Gasteiger partial charge < -0.3 is 10.3 Å². The van der Waals surface area contributed by atoms with Crippen molar-refractivity contribution in [3.05, 3.63) is 30.1 Å². The third kappa shape index (κ3) is 2.27. The van der Waals surface area contributed by atoms with E-state index in [-0.39, 0.29) is 6.54 Å². The number of rotatable bonds is 3. The van der Waals surface area contributed by atoms with Crippen LogP contribution in [0, 0.1) is 0 Å². The van der Waals surface area contributed by atoms with Gasteiger partial charge in [0, 0.05) is 6.20 Å². The molecule has 0 radical (unpaired) electrons. The Bertz CT molecular complexity index is 203.